The van der Waals surface area contributed by atoms with Gasteiger partial charge in [0.05, 0.1) is 0 Å². The number of benzene rings is 1. The third-order valence-electron chi connectivity index (χ3n) is 3.25. The summed E-state index contributed by atoms with van der Waals surface area (Å²) in [5.74, 6) is 0.412. The van der Waals surface area contributed by atoms with Crippen molar-refractivity contribution in [1.82, 2.24) is 0 Å². The van der Waals surface area contributed by atoms with Crippen LogP contribution in [-0.2, 0) is 11.2 Å². The fraction of sp³-hybridized carbons (Fsp3) is 0.562. The molecule has 0 N–H and O–H groups in total. The molecule has 0 amide bonds. The van der Waals surface area contributed by atoms with E-state index in [2.05, 4.69) is 39.8 Å². The zero-order valence-corrected chi connectivity index (χ0v) is 11.6. The lowest BCUT2D eigenvalue weighted by Gasteiger charge is -2.11. The van der Waals surface area contributed by atoms with Crippen LogP contribution in [0.15, 0.2) is 12.1 Å². The minimum absolute atomic E-state index is 0.412. The molecule has 0 heterocycles. The Balaban J connectivity index is 2.55. The molecule has 1 rings (SSSR count). The maximum atomic E-state index is 11.5. The molecule has 0 fully saturated rings. The summed E-state index contributed by atoms with van der Waals surface area (Å²) in [5, 5.41) is 0. The Hall–Kier alpha value is -1.11. The highest BCUT2D eigenvalue weighted by molar-refractivity contribution is 5.78. The molecule has 0 aliphatic rings. The van der Waals surface area contributed by atoms with Crippen LogP contribution >= 0.6 is 0 Å². The molecule has 0 saturated carbocycles. The van der Waals surface area contributed by atoms with E-state index in [1.54, 1.807) is 0 Å². The molecule has 1 aromatic carbocycles. The van der Waals surface area contributed by atoms with Crippen molar-refractivity contribution in [3.8, 4) is 0 Å². The number of ketones is 1. The van der Waals surface area contributed by atoms with Crippen LogP contribution in [0, 0.1) is 20.8 Å². The molecular weight excluding hydrogens is 208 g/mol. The minimum atomic E-state index is 0.412. The van der Waals surface area contributed by atoms with Gasteiger partial charge in [-0.25, -0.2) is 0 Å². The van der Waals surface area contributed by atoms with Crippen LogP contribution in [0.3, 0.4) is 0 Å². The van der Waals surface area contributed by atoms with Gasteiger partial charge < -0.3 is 0 Å². The molecule has 94 valence electrons. The molecule has 0 atom stereocenters. The normalized spacial score (nSPS) is 10.6. The second-order valence-electron chi connectivity index (χ2n) is 5.02. The van der Waals surface area contributed by atoms with Gasteiger partial charge in [0.1, 0.15) is 5.78 Å². The highest BCUT2D eigenvalue weighted by Gasteiger charge is 2.05. The number of hydrogen-bond donors (Lipinski definition) is 0. The van der Waals surface area contributed by atoms with Crippen molar-refractivity contribution < 1.29 is 4.79 Å². The molecular formula is C16H24O. The van der Waals surface area contributed by atoms with Gasteiger partial charge in [0.2, 0.25) is 0 Å². The predicted octanol–water partition coefficient (Wildman–Crippen LogP) is 4.30. The Morgan fingerprint density at radius 3 is 2.18 bits per heavy atom. The molecule has 0 unspecified atom stereocenters. The Labute approximate surface area is 105 Å². The molecule has 1 nitrogen and oxygen atoms in total. The second kappa shape index (κ2) is 6.58. The Kier molecular flexibility index (Phi) is 5.40. The van der Waals surface area contributed by atoms with Crippen LogP contribution in [-0.4, -0.2) is 5.78 Å². The smallest absolute Gasteiger partial charge is 0.132 e. The fourth-order valence-corrected chi connectivity index (χ4v) is 2.47. The van der Waals surface area contributed by atoms with E-state index in [9.17, 15) is 4.79 Å². The minimum Gasteiger partial charge on any atom is -0.300 e. The quantitative estimate of drug-likeness (QED) is 0.714. The van der Waals surface area contributed by atoms with Crippen LogP contribution in [0.5, 0.6) is 0 Å². The number of hydrogen-bond acceptors (Lipinski definition) is 1. The predicted molar refractivity (Wildman–Crippen MR) is 73.5 cm³/mol. The lowest BCUT2D eigenvalue weighted by atomic mass is 9.95. The third kappa shape index (κ3) is 4.33. The van der Waals surface area contributed by atoms with Gasteiger partial charge in [-0.1, -0.05) is 24.6 Å². The van der Waals surface area contributed by atoms with Crippen LogP contribution < -0.4 is 0 Å². The monoisotopic (exact) mass is 232 g/mol. The summed E-state index contributed by atoms with van der Waals surface area (Å²) in [6.45, 7) is 8.53. The number of carbonyl (C=O) groups excluding carboxylic acids is 1. The molecule has 1 aromatic rings. The summed E-state index contributed by atoms with van der Waals surface area (Å²) in [6, 6.07) is 4.46. The van der Waals surface area contributed by atoms with Gasteiger partial charge in [-0.05, 0) is 56.7 Å². The summed E-state index contributed by atoms with van der Waals surface area (Å²) in [5.41, 5.74) is 5.49. The Bertz CT molecular complexity index is 368. The lowest BCUT2D eigenvalue weighted by molar-refractivity contribution is -0.119. The highest BCUT2D eigenvalue weighted by atomic mass is 16.1. The number of aryl methyl sites for hydroxylation is 3. The van der Waals surface area contributed by atoms with Crippen molar-refractivity contribution in [3.63, 3.8) is 0 Å². The average molecular weight is 232 g/mol. The van der Waals surface area contributed by atoms with E-state index in [1.807, 2.05) is 0 Å². The standard InChI is InChI=1S/C16H24O/c1-5-7-15(17)8-6-9-16-13(3)10-12(2)11-14(16)4/h10-11H,5-9H2,1-4H3. The van der Waals surface area contributed by atoms with E-state index in [0.717, 1.165) is 32.1 Å². The van der Waals surface area contributed by atoms with Crippen molar-refractivity contribution in [3.05, 3.63) is 34.4 Å². The molecule has 0 bridgehead atoms. The van der Waals surface area contributed by atoms with Crippen molar-refractivity contribution in [2.45, 2.75) is 59.8 Å². The van der Waals surface area contributed by atoms with Crippen LogP contribution in [0.4, 0.5) is 0 Å². The Morgan fingerprint density at radius 2 is 1.65 bits per heavy atom. The summed E-state index contributed by atoms with van der Waals surface area (Å²) in [4.78, 5) is 11.5. The van der Waals surface area contributed by atoms with Crippen molar-refractivity contribution >= 4 is 5.78 Å². The van der Waals surface area contributed by atoms with E-state index in [0.29, 0.717) is 5.78 Å². The van der Waals surface area contributed by atoms with Gasteiger partial charge in [-0.15, -0.1) is 0 Å². The molecule has 17 heavy (non-hydrogen) atoms. The van der Waals surface area contributed by atoms with E-state index in [-0.39, 0.29) is 0 Å². The van der Waals surface area contributed by atoms with Crippen LogP contribution in [0.1, 0.15) is 54.9 Å². The van der Waals surface area contributed by atoms with Crippen molar-refractivity contribution in [2.24, 2.45) is 0 Å². The summed E-state index contributed by atoms with van der Waals surface area (Å²) >= 11 is 0. The first kappa shape index (κ1) is 14.0. The van der Waals surface area contributed by atoms with E-state index in [1.165, 1.54) is 22.3 Å². The summed E-state index contributed by atoms with van der Waals surface area (Å²) in [7, 11) is 0. The van der Waals surface area contributed by atoms with Crippen molar-refractivity contribution in [2.75, 3.05) is 0 Å². The highest BCUT2D eigenvalue weighted by Crippen LogP contribution is 2.18. The second-order valence-corrected chi connectivity index (χ2v) is 5.02. The molecule has 0 aromatic heterocycles. The van der Waals surface area contributed by atoms with E-state index in [4.69, 9.17) is 0 Å². The molecule has 0 spiro atoms. The van der Waals surface area contributed by atoms with Gasteiger partial charge in [-0.3, -0.25) is 4.79 Å². The lowest BCUT2D eigenvalue weighted by Crippen LogP contribution is -2.00. The van der Waals surface area contributed by atoms with Gasteiger partial charge in [0.15, 0.2) is 0 Å². The largest absolute Gasteiger partial charge is 0.300 e. The molecule has 0 aliphatic carbocycles. The number of carbonyl (C=O) groups is 1. The average Bonchev–Trinajstić information content (AvgIpc) is 2.22. The third-order valence-corrected chi connectivity index (χ3v) is 3.25. The topological polar surface area (TPSA) is 17.1 Å². The van der Waals surface area contributed by atoms with Crippen molar-refractivity contribution in [1.29, 1.82) is 0 Å². The Morgan fingerprint density at radius 1 is 1.06 bits per heavy atom. The first-order valence-electron chi connectivity index (χ1n) is 6.63. The first-order valence-corrected chi connectivity index (χ1v) is 6.63. The van der Waals surface area contributed by atoms with E-state index < -0.39 is 0 Å². The molecule has 1 heteroatoms. The van der Waals surface area contributed by atoms with Gasteiger partial charge >= 0.3 is 0 Å². The van der Waals surface area contributed by atoms with Crippen LogP contribution in [0.2, 0.25) is 0 Å². The number of Topliss-reactive ketones (excluding diaryl/α,β-unsaturated/α-hetero) is 1. The number of rotatable bonds is 6. The summed E-state index contributed by atoms with van der Waals surface area (Å²) in [6.07, 6.45) is 4.48. The van der Waals surface area contributed by atoms with Gasteiger partial charge in [-0.2, -0.15) is 0 Å². The summed E-state index contributed by atoms with van der Waals surface area (Å²) < 4.78 is 0. The maximum absolute atomic E-state index is 11.5. The van der Waals surface area contributed by atoms with Gasteiger partial charge in [0.25, 0.3) is 0 Å². The maximum Gasteiger partial charge on any atom is 0.132 e. The molecule has 0 saturated heterocycles. The van der Waals surface area contributed by atoms with E-state index >= 15 is 0 Å². The zero-order chi connectivity index (χ0) is 12.8. The van der Waals surface area contributed by atoms with Gasteiger partial charge in [0, 0.05) is 12.8 Å². The van der Waals surface area contributed by atoms with Crippen LogP contribution in [0.25, 0.3) is 0 Å². The molecule has 0 aliphatic heterocycles. The first-order chi connectivity index (χ1) is 8.04. The molecule has 0 radical (unpaired) electrons. The SMILES string of the molecule is CCCC(=O)CCCc1c(C)cc(C)cc1C. The zero-order valence-electron chi connectivity index (χ0n) is 11.6. The fourth-order valence-electron chi connectivity index (χ4n) is 2.47.